The molecule has 0 saturated carbocycles. The lowest BCUT2D eigenvalue weighted by atomic mass is 10.0. The largest absolute Gasteiger partial charge is 0.368 e. The second kappa shape index (κ2) is 11.9. The molecule has 2 aromatic heterocycles. The summed E-state index contributed by atoms with van der Waals surface area (Å²) >= 11 is 0. The topological polar surface area (TPSA) is 92.1 Å². The molecule has 27 heavy (non-hydrogen) atoms. The van der Waals surface area contributed by atoms with Crippen LogP contribution >= 0.6 is 24.0 Å². The van der Waals surface area contributed by atoms with E-state index in [1.165, 1.54) is 12.8 Å². The van der Waals surface area contributed by atoms with E-state index in [0.717, 1.165) is 48.2 Å². The zero-order valence-corrected chi connectivity index (χ0v) is 19.3. The molecule has 0 bridgehead atoms. The van der Waals surface area contributed by atoms with Crippen molar-refractivity contribution in [2.45, 2.75) is 46.1 Å². The lowest BCUT2D eigenvalue weighted by Gasteiger charge is -2.18. The summed E-state index contributed by atoms with van der Waals surface area (Å²) in [6, 6.07) is 0.407. The highest BCUT2D eigenvalue weighted by atomic mass is 127. The number of hydrogen-bond donors (Lipinski definition) is 3. The van der Waals surface area contributed by atoms with E-state index in [2.05, 4.69) is 56.8 Å². The Bertz CT molecular complexity index is 712. The first-order chi connectivity index (χ1) is 12.5. The maximum atomic E-state index is 4.30. The van der Waals surface area contributed by atoms with Gasteiger partial charge in [0.15, 0.2) is 11.6 Å². The van der Waals surface area contributed by atoms with E-state index < -0.39 is 0 Å². The van der Waals surface area contributed by atoms with Gasteiger partial charge >= 0.3 is 0 Å². The van der Waals surface area contributed by atoms with Gasteiger partial charge in [-0.05, 0) is 19.3 Å². The molecule has 0 aliphatic heterocycles. The number of nitrogens with one attached hydrogen (secondary N) is 3. The molecule has 0 amide bonds. The highest BCUT2D eigenvalue weighted by Gasteiger charge is 2.08. The summed E-state index contributed by atoms with van der Waals surface area (Å²) in [7, 11) is 3.67. The number of guanidine groups is 1. The Morgan fingerprint density at radius 3 is 2.67 bits per heavy atom. The molecular weight excluding hydrogens is 455 g/mol. The molecule has 2 heterocycles. The average molecular weight is 488 g/mol. The number of aliphatic imine (C=N–C) groups is 1. The van der Waals surface area contributed by atoms with Crippen LogP contribution in [-0.4, -0.2) is 51.9 Å². The molecule has 2 rings (SSSR count). The second-order valence-corrected chi connectivity index (χ2v) is 7.02. The number of halogens is 1. The van der Waals surface area contributed by atoms with Crippen molar-refractivity contribution in [1.29, 1.82) is 0 Å². The number of hydrogen-bond acceptors (Lipinski definition) is 5. The van der Waals surface area contributed by atoms with Crippen molar-refractivity contribution in [3.8, 4) is 0 Å². The Morgan fingerprint density at radius 2 is 1.96 bits per heavy atom. The molecule has 0 saturated heterocycles. The molecule has 3 N–H and O–H groups in total. The van der Waals surface area contributed by atoms with Gasteiger partial charge in [-0.3, -0.25) is 9.67 Å². The number of nitrogens with zero attached hydrogens (tertiary/aromatic N) is 5. The van der Waals surface area contributed by atoms with Crippen LogP contribution in [0, 0.1) is 5.92 Å². The third-order valence-electron chi connectivity index (χ3n) is 4.26. The van der Waals surface area contributed by atoms with Gasteiger partial charge in [0.25, 0.3) is 0 Å². The molecule has 0 aromatic carbocycles. The molecule has 9 heteroatoms. The fourth-order valence-electron chi connectivity index (χ4n) is 2.80. The van der Waals surface area contributed by atoms with Gasteiger partial charge in [-0.1, -0.05) is 26.7 Å². The van der Waals surface area contributed by atoms with Crippen LogP contribution in [0.5, 0.6) is 0 Å². The van der Waals surface area contributed by atoms with Crippen LogP contribution < -0.4 is 16.0 Å². The summed E-state index contributed by atoms with van der Waals surface area (Å²) in [4.78, 5) is 12.8. The summed E-state index contributed by atoms with van der Waals surface area (Å²) in [6.07, 6.45) is 6.99. The van der Waals surface area contributed by atoms with Crippen LogP contribution in [0.1, 0.15) is 40.0 Å². The Kier molecular flexibility index (Phi) is 10.3. The lowest BCUT2D eigenvalue weighted by molar-refractivity contribution is 0.491. The van der Waals surface area contributed by atoms with Gasteiger partial charge in [-0.25, -0.2) is 9.97 Å². The van der Waals surface area contributed by atoms with Gasteiger partial charge in [0.05, 0.1) is 11.6 Å². The van der Waals surface area contributed by atoms with E-state index in [4.69, 9.17) is 0 Å². The minimum atomic E-state index is 0. The maximum Gasteiger partial charge on any atom is 0.191 e. The Morgan fingerprint density at radius 1 is 1.19 bits per heavy atom. The SMILES string of the molecule is CN=C(NCCNc1ncnc2c1cnn2C)NC(C)CCCC(C)C.I. The van der Waals surface area contributed by atoms with Crippen LogP contribution in [0.2, 0.25) is 0 Å². The molecule has 0 aliphatic rings. The zero-order chi connectivity index (χ0) is 18.9. The molecule has 1 atom stereocenters. The first-order valence-corrected chi connectivity index (χ1v) is 9.35. The molecule has 0 radical (unpaired) electrons. The van der Waals surface area contributed by atoms with Crippen molar-refractivity contribution >= 4 is 46.8 Å². The van der Waals surface area contributed by atoms with Gasteiger partial charge in [-0.2, -0.15) is 5.10 Å². The summed E-state index contributed by atoms with van der Waals surface area (Å²) in [6.45, 7) is 8.20. The third-order valence-corrected chi connectivity index (χ3v) is 4.26. The van der Waals surface area contributed by atoms with Gasteiger partial charge in [-0.15, -0.1) is 24.0 Å². The smallest absolute Gasteiger partial charge is 0.191 e. The predicted molar refractivity (Wildman–Crippen MR) is 123 cm³/mol. The minimum Gasteiger partial charge on any atom is -0.368 e. The average Bonchev–Trinajstić information content (AvgIpc) is 2.99. The first-order valence-electron chi connectivity index (χ1n) is 9.35. The summed E-state index contributed by atoms with van der Waals surface area (Å²) < 4.78 is 1.74. The molecule has 1 unspecified atom stereocenters. The van der Waals surface area contributed by atoms with Crippen molar-refractivity contribution in [2.24, 2.45) is 18.0 Å². The molecule has 8 nitrogen and oxygen atoms in total. The zero-order valence-electron chi connectivity index (χ0n) is 17.0. The maximum absolute atomic E-state index is 4.30. The fraction of sp³-hybridized carbons (Fsp3) is 0.667. The minimum absolute atomic E-state index is 0. The van der Waals surface area contributed by atoms with E-state index in [9.17, 15) is 0 Å². The van der Waals surface area contributed by atoms with Gasteiger partial charge < -0.3 is 16.0 Å². The third kappa shape index (κ3) is 7.47. The second-order valence-electron chi connectivity index (χ2n) is 7.02. The quantitative estimate of drug-likeness (QED) is 0.218. The molecule has 0 fully saturated rings. The number of anilines is 1. The van der Waals surface area contributed by atoms with Gasteiger partial charge in [0.2, 0.25) is 0 Å². The van der Waals surface area contributed by atoms with Crippen molar-refractivity contribution < 1.29 is 0 Å². The predicted octanol–water partition coefficient (Wildman–Crippen LogP) is 2.77. The number of fused-ring (bicyclic) bond motifs is 1. The van der Waals surface area contributed by atoms with Crippen LogP contribution in [-0.2, 0) is 7.05 Å². The van der Waals surface area contributed by atoms with Gasteiger partial charge in [0.1, 0.15) is 12.1 Å². The molecule has 2 aromatic rings. The van der Waals surface area contributed by atoms with Gasteiger partial charge in [0, 0.05) is 33.2 Å². The molecular formula is C18H33IN8. The van der Waals surface area contributed by atoms with Crippen molar-refractivity contribution in [3.63, 3.8) is 0 Å². The molecule has 0 spiro atoms. The normalized spacial score (nSPS) is 12.7. The van der Waals surface area contributed by atoms with E-state index >= 15 is 0 Å². The number of rotatable bonds is 9. The monoisotopic (exact) mass is 488 g/mol. The number of aryl methyl sites for hydroxylation is 1. The molecule has 152 valence electrons. The number of aromatic nitrogens is 4. The highest BCUT2D eigenvalue weighted by molar-refractivity contribution is 14.0. The standard InChI is InChI=1S/C18H32N8.HI/c1-13(2)7-6-8-14(3)25-18(19-4)21-10-9-20-16-15-11-24-26(5)17(15)23-12-22-16;/h11-14H,6-10H2,1-5H3,(H2,19,21,25)(H,20,22,23);1H. The van der Waals surface area contributed by atoms with Crippen molar-refractivity contribution in [1.82, 2.24) is 30.4 Å². The van der Waals surface area contributed by atoms with E-state index in [0.29, 0.717) is 6.04 Å². The summed E-state index contributed by atoms with van der Waals surface area (Å²) in [5.74, 6) is 2.40. The van der Waals surface area contributed by atoms with Crippen LogP contribution in [0.15, 0.2) is 17.5 Å². The van der Waals surface area contributed by atoms with E-state index in [1.807, 2.05) is 7.05 Å². The van der Waals surface area contributed by atoms with Crippen LogP contribution in [0.25, 0.3) is 11.0 Å². The van der Waals surface area contributed by atoms with Crippen molar-refractivity contribution in [3.05, 3.63) is 12.5 Å². The molecule has 0 aliphatic carbocycles. The summed E-state index contributed by atoms with van der Waals surface area (Å²) in [5, 5.41) is 15.3. The Balaban J connectivity index is 0.00000364. The van der Waals surface area contributed by atoms with Crippen LogP contribution in [0.3, 0.4) is 0 Å². The lowest BCUT2D eigenvalue weighted by Crippen LogP contribution is -2.43. The Hall–Kier alpha value is -1.65. The summed E-state index contributed by atoms with van der Waals surface area (Å²) in [5.41, 5.74) is 0.822. The first kappa shape index (κ1) is 23.4. The fourth-order valence-corrected chi connectivity index (χ4v) is 2.80. The van der Waals surface area contributed by atoms with E-state index in [1.54, 1.807) is 24.3 Å². The van der Waals surface area contributed by atoms with E-state index in [-0.39, 0.29) is 24.0 Å². The van der Waals surface area contributed by atoms with Crippen molar-refractivity contribution in [2.75, 3.05) is 25.5 Å². The van der Waals surface area contributed by atoms with Crippen LogP contribution in [0.4, 0.5) is 5.82 Å². The highest BCUT2D eigenvalue weighted by Crippen LogP contribution is 2.17. The Labute approximate surface area is 179 Å².